The molecule has 1 heterocycles. The molecule has 0 radical (unpaired) electrons. The van der Waals surface area contributed by atoms with Gasteiger partial charge in [-0.3, -0.25) is 4.79 Å². The number of carbonyl (C=O) groups excluding carboxylic acids is 1. The van der Waals surface area contributed by atoms with E-state index in [1.807, 2.05) is 30.5 Å². The molecule has 100 valence electrons. The zero-order valence-electron chi connectivity index (χ0n) is 10.6. The molecule has 0 fully saturated rings. The Hall–Kier alpha value is -0.840. The van der Waals surface area contributed by atoms with Gasteiger partial charge in [-0.05, 0) is 57.6 Å². The Morgan fingerprint density at radius 3 is 2.74 bits per heavy atom. The zero-order chi connectivity index (χ0) is 14.0. The topological polar surface area (TPSA) is 20.3 Å². The number of benzene rings is 1. The van der Waals surface area contributed by atoms with E-state index in [0.717, 1.165) is 14.9 Å². The molecule has 0 aliphatic carbocycles. The van der Waals surface area contributed by atoms with Gasteiger partial charge >= 0.3 is 0 Å². The van der Waals surface area contributed by atoms with Crippen molar-refractivity contribution in [1.29, 1.82) is 0 Å². The maximum absolute atomic E-state index is 12.3. The molecule has 19 heavy (non-hydrogen) atoms. The summed E-state index contributed by atoms with van der Waals surface area (Å²) in [5.41, 5.74) is 2.71. The molecule has 5 heteroatoms. The fourth-order valence-corrected chi connectivity index (χ4v) is 3.10. The number of amides is 1. The second kappa shape index (κ2) is 6.07. The Labute approximate surface area is 130 Å². The van der Waals surface area contributed by atoms with Gasteiger partial charge in [0.15, 0.2) is 0 Å². The molecule has 0 atom stereocenters. The van der Waals surface area contributed by atoms with Gasteiger partial charge in [0.05, 0.1) is 3.79 Å². The fraction of sp³-hybridized carbons (Fsp3) is 0.214. The lowest BCUT2D eigenvalue weighted by molar-refractivity contribution is 0.0785. The van der Waals surface area contributed by atoms with Crippen LogP contribution >= 0.6 is 38.9 Å². The summed E-state index contributed by atoms with van der Waals surface area (Å²) in [6.45, 7) is 2.51. The number of carbonyl (C=O) groups is 1. The Morgan fingerprint density at radius 1 is 1.42 bits per heavy atom. The van der Waals surface area contributed by atoms with Crippen LogP contribution in [0.3, 0.4) is 0 Å². The molecule has 2 aromatic rings. The molecule has 0 unspecified atom stereocenters. The van der Waals surface area contributed by atoms with Crippen molar-refractivity contribution in [2.45, 2.75) is 13.5 Å². The predicted octanol–water partition coefficient (Wildman–Crippen LogP) is 4.74. The number of thiophene rings is 1. The van der Waals surface area contributed by atoms with Crippen molar-refractivity contribution < 1.29 is 4.79 Å². The summed E-state index contributed by atoms with van der Waals surface area (Å²) in [5, 5.41) is 2.66. The summed E-state index contributed by atoms with van der Waals surface area (Å²) in [4.78, 5) is 14.0. The molecule has 0 saturated carbocycles. The minimum Gasteiger partial charge on any atom is -0.337 e. The van der Waals surface area contributed by atoms with Crippen LogP contribution in [0.15, 0.2) is 33.4 Å². The van der Waals surface area contributed by atoms with Crippen molar-refractivity contribution in [1.82, 2.24) is 4.90 Å². The van der Waals surface area contributed by atoms with Crippen LogP contribution in [0.25, 0.3) is 0 Å². The third-order valence-electron chi connectivity index (χ3n) is 2.81. The number of hydrogen-bond acceptors (Lipinski definition) is 2. The van der Waals surface area contributed by atoms with Crippen molar-refractivity contribution in [3.63, 3.8) is 0 Å². The first-order valence-corrected chi connectivity index (χ1v) is 7.77. The monoisotopic (exact) mass is 357 g/mol. The second-order valence-corrected chi connectivity index (χ2v) is 7.08. The largest absolute Gasteiger partial charge is 0.337 e. The zero-order valence-corrected chi connectivity index (χ0v) is 13.8. The van der Waals surface area contributed by atoms with Gasteiger partial charge in [-0.2, -0.15) is 0 Å². The summed E-state index contributed by atoms with van der Waals surface area (Å²) < 4.78 is 1.07. The molecule has 0 aliphatic rings. The molecule has 0 bridgehead atoms. The Balaban J connectivity index is 2.12. The van der Waals surface area contributed by atoms with Gasteiger partial charge < -0.3 is 4.90 Å². The van der Waals surface area contributed by atoms with Crippen LogP contribution in [-0.4, -0.2) is 17.9 Å². The van der Waals surface area contributed by atoms with E-state index in [-0.39, 0.29) is 5.91 Å². The maximum Gasteiger partial charge on any atom is 0.253 e. The van der Waals surface area contributed by atoms with E-state index >= 15 is 0 Å². The molecule has 1 aromatic heterocycles. The minimum absolute atomic E-state index is 0.0239. The summed E-state index contributed by atoms with van der Waals surface area (Å²) >= 11 is 11.1. The standard InChI is InChI=1S/C14H13BrClNOS/c1-9-3-4-11(6-12(9)16)14(18)17(2)7-10-5-13(15)19-8-10/h3-6,8H,7H2,1-2H3. The SMILES string of the molecule is Cc1ccc(C(=O)N(C)Cc2csc(Br)c2)cc1Cl. The van der Waals surface area contributed by atoms with Gasteiger partial charge in [-0.15, -0.1) is 11.3 Å². The quantitative estimate of drug-likeness (QED) is 0.775. The van der Waals surface area contributed by atoms with Crippen molar-refractivity contribution in [2.24, 2.45) is 0 Å². The minimum atomic E-state index is -0.0239. The summed E-state index contributed by atoms with van der Waals surface area (Å²) in [5.74, 6) is -0.0239. The molecule has 0 N–H and O–H groups in total. The fourth-order valence-electron chi connectivity index (χ4n) is 1.72. The number of rotatable bonds is 3. The average molecular weight is 359 g/mol. The molecule has 0 aliphatic heterocycles. The van der Waals surface area contributed by atoms with E-state index in [1.165, 1.54) is 0 Å². The normalized spacial score (nSPS) is 10.5. The number of aryl methyl sites for hydroxylation is 1. The molecule has 2 rings (SSSR count). The molecule has 0 saturated heterocycles. The Morgan fingerprint density at radius 2 is 2.16 bits per heavy atom. The lowest BCUT2D eigenvalue weighted by Crippen LogP contribution is -2.25. The highest BCUT2D eigenvalue weighted by atomic mass is 79.9. The van der Waals surface area contributed by atoms with Crippen LogP contribution in [0.1, 0.15) is 21.5 Å². The van der Waals surface area contributed by atoms with E-state index in [0.29, 0.717) is 17.1 Å². The van der Waals surface area contributed by atoms with E-state index in [1.54, 1.807) is 29.4 Å². The van der Waals surface area contributed by atoms with E-state index in [4.69, 9.17) is 11.6 Å². The van der Waals surface area contributed by atoms with Gasteiger partial charge in [0, 0.05) is 24.2 Å². The molecular formula is C14H13BrClNOS. The van der Waals surface area contributed by atoms with Gasteiger partial charge in [-0.25, -0.2) is 0 Å². The first-order valence-electron chi connectivity index (χ1n) is 5.72. The summed E-state index contributed by atoms with van der Waals surface area (Å²) in [6, 6.07) is 7.42. The van der Waals surface area contributed by atoms with Crippen LogP contribution in [0, 0.1) is 6.92 Å². The lowest BCUT2D eigenvalue weighted by Gasteiger charge is -2.16. The average Bonchev–Trinajstić information content (AvgIpc) is 2.77. The lowest BCUT2D eigenvalue weighted by atomic mass is 10.1. The summed E-state index contributed by atoms with van der Waals surface area (Å²) in [6.07, 6.45) is 0. The van der Waals surface area contributed by atoms with Crippen LogP contribution in [0.4, 0.5) is 0 Å². The third-order valence-corrected chi connectivity index (χ3v) is 4.77. The van der Waals surface area contributed by atoms with Crippen LogP contribution in [0.5, 0.6) is 0 Å². The highest BCUT2D eigenvalue weighted by molar-refractivity contribution is 9.11. The first kappa shape index (κ1) is 14.6. The second-order valence-electron chi connectivity index (χ2n) is 4.38. The predicted molar refractivity (Wildman–Crippen MR) is 84.0 cm³/mol. The molecule has 2 nitrogen and oxygen atoms in total. The smallest absolute Gasteiger partial charge is 0.253 e. The highest BCUT2D eigenvalue weighted by Crippen LogP contribution is 2.22. The van der Waals surface area contributed by atoms with E-state index in [9.17, 15) is 4.79 Å². The van der Waals surface area contributed by atoms with Crippen LogP contribution in [-0.2, 0) is 6.54 Å². The van der Waals surface area contributed by atoms with Gasteiger partial charge in [-0.1, -0.05) is 17.7 Å². The maximum atomic E-state index is 12.3. The van der Waals surface area contributed by atoms with E-state index in [2.05, 4.69) is 15.9 Å². The summed E-state index contributed by atoms with van der Waals surface area (Å²) in [7, 11) is 1.79. The molecule has 1 amide bonds. The van der Waals surface area contributed by atoms with Crippen molar-refractivity contribution in [2.75, 3.05) is 7.05 Å². The van der Waals surface area contributed by atoms with Crippen LogP contribution < -0.4 is 0 Å². The molecule has 1 aromatic carbocycles. The van der Waals surface area contributed by atoms with E-state index < -0.39 is 0 Å². The van der Waals surface area contributed by atoms with Crippen molar-refractivity contribution in [3.05, 3.63) is 55.1 Å². The number of nitrogens with zero attached hydrogens (tertiary/aromatic N) is 1. The third kappa shape index (κ3) is 3.59. The number of halogens is 2. The van der Waals surface area contributed by atoms with Gasteiger partial charge in [0.2, 0.25) is 0 Å². The number of hydrogen-bond donors (Lipinski definition) is 0. The highest BCUT2D eigenvalue weighted by Gasteiger charge is 2.13. The Kier molecular flexibility index (Phi) is 4.66. The van der Waals surface area contributed by atoms with Crippen molar-refractivity contribution >= 4 is 44.8 Å². The van der Waals surface area contributed by atoms with Crippen LogP contribution in [0.2, 0.25) is 5.02 Å². The molecular weight excluding hydrogens is 346 g/mol. The molecule has 0 spiro atoms. The van der Waals surface area contributed by atoms with Gasteiger partial charge in [0.25, 0.3) is 5.91 Å². The van der Waals surface area contributed by atoms with Crippen molar-refractivity contribution in [3.8, 4) is 0 Å². The Bertz CT molecular complexity index is 611. The first-order chi connectivity index (χ1) is 8.97. The van der Waals surface area contributed by atoms with Gasteiger partial charge in [0.1, 0.15) is 0 Å².